The first kappa shape index (κ1) is 20.0. The number of aromatic nitrogens is 3. The summed E-state index contributed by atoms with van der Waals surface area (Å²) in [6.07, 6.45) is 8.00. The largest absolute Gasteiger partial charge is 0.347 e. The average Bonchev–Trinajstić information content (AvgIpc) is 3.12. The Bertz CT molecular complexity index is 810. The van der Waals surface area contributed by atoms with Crippen molar-refractivity contribution in [3.63, 3.8) is 0 Å². The maximum atomic E-state index is 13.1. The van der Waals surface area contributed by atoms with E-state index in [9.17, 15) is 9.59 Å². The molecule has 0 unspecified atom stereocenters. The minimum atomic E-state index is -0.223. The van der Waals surface area contributed by atoms with E-state index in [1.807, 2.05) is 21.6 Å². The molecule has 0 radical (unpaired) electrons. The highest BCUT2D eigenvalue weighted by Crippen LogP contribution is 2.22. The molecule has 0 aliphatic carbocycles. The van der Waals surface area contributed by atoms with Crippen LogP contribution >= 0.6 is 0 Å². The van der Waals surface area contributed by atoms with Gasteiger partial charge in [0.1, 0.15) is 5.69 Å². The SMILES string of the molecule is CCCN(CCC)C(=O)c1nc(C(=O)NCc2ccncc2)c2n1CCCC2. The molecule has 3 heterocycles. The Hall–Kier alpha value is -2.70. The summed E-state index contributed by atoms with van der Waals surface area (Å²) in [5.41, 5.74) is 2.25. The molecule has 0 aromatic carbocycles. The van der Waals surface area contributed by atoms with Crippen LogP contribution in [0.5, 0.6) is 0 Å². The molecule has 0 spiro atoms. The summed E-state index contributed by atoms with van der Waals surface area (Å²) in [5.74, 6) is 0.116. The second kappa shape index (κ2) is 9.48. The molecule has 0 atom stereocenters. The molecule has 2 aromatic heterocycles. The standard InChI is InChI=1S/C21H29N5O2/c1-3-12-25(13-4-2)21(28)19-24-18(17-7-5-6-14-26(17)19)20(27)23-15-16-8-10-22-11-9-16/h8-11H,3-7,12-15H2,1-2H3,(H,23,27). The molecule has 1 N–H and O–H groups in total. The number of nitrogens with zero attached hydrogens (tertiary/aromatic N) is 4. The highest BCUT2D eigenvalue weighted by atomic mass is 16.2. The van der Waals surface area contributed by atoms with E-state index in [2.05, 4.69) is 29.1 Å². The monoisotopic (exact) mass is 383 g/mol. The minimum absolute atomic E-state index is 0.0694. The van der Waals surface area contributed by atoms with Crippen LogP contribution in [0, 0.1) is 0 Å². The molecule has 0 saturated carbocycles. The molecule has 28 heavy (non-hydrogen) atoms. The predicted molar refractivity (Wildman–Crippen MR) is 107 cm³/mol. The van der Waals surface area contributed by atoms with Gasteiger partial charge in [0.2, 0.25) is 0 Å². The van der Waals surface area contributed by atoms with Gasteiger partial charge in [0.25, 0.3) is 11.8 Å². The summed E-state index contributed by atoms with van der Waals surface area (Å²) in [6.45, 7) is 6.70. The van der Waals surface area contributed by atoms with Gasteiger partial charge in [0.15, 0.2) is 5.82 Å². The van der Waals surface area contributed by atoms with Crippen LogP contribution in [0.1, 0.15) is 71.9 Å². The van der Waals surface area contributed by atoms with Crippen molar-refractivity contribution < 1.29 is 9.59 Å². The Morgan fingerprint density at radius 1 is 1.14 bits per heavy atom. The van der Waals surface area contributed by atoms with Gasteiger partial charge in [-0.1, -0.05) is 13.8 Å². The number of hydrogen-bond donors (Lipinski definition) is 1. The van der Waals surface area contributed by atoms with Gasteiger partial charge in [-0.2, -0.15) is 0 Å². The van der Waals surface area contributed by atoms with Crippen LogP contribution in [0.15, 0.2) is 24.5 Å². The first-order chi connectivity index (χ1) is 13.7. The number of imidazole rings is 1. The quantitative estimate of drug-likeness (QED) is 0.760. The van der Waals surface area contributed by atoms with Gasteiger partial charge in [-0.15, -0.1) is 0 Å². The van der Waals surface area contributed by atoms with E-state index in [1.54, 1.807) is 12.4 Å². The van der Waals surface area contributed by atoms with Gasteiger partial charge in [-0.05, 0) is 49.8 Å². The zero-order valence-electron chi connectivity index (χ0n) is 16.8. The van der Waals surface area contributed by atoms with E-state index >= 15 is 0 Å². The minimum Gasteiger partial charge on any atom is -0.347 e. The third kappa shape index (κ3) is 4.40. The topological polar surface area (TPSA) is 80.1 Å². The number of amides is 2. The maximum absolute atomic E-state index is 13.1. The van der Waals surface area contributed by atoms with Crippen molar-refractivity contribution in [1.82, 2.24) is 24.8 Å². The fourth-order valence-electron chi connectivity index (χ4n) is 3.65. The number of carbonyl (C=O) groups excluding carboxylic acids is 2. The number of nitrogens with one attached hydrogen (secondary N) is 1. The summed E-state index contributed by atoms with van der Waals surface area (Å²) < 4.78 is 1.96. The van der Waals surface area contributed by atoms with Crippen molar-refractivity contribution in [3.05, 3.63) is 47.3 Å². The van der Waals surface area contributed by atoms with E-state index in [4.69, 9.17) is 0 Å². The Kier molecular flexibility index (Phi) is 6.79. The number of hydrogen-bond acceptors (Lipinski definition) is 4. The second-order valence-electron chi connectivity index (χ2n) is 7.17. The van der Waals surface area contributed by atoms with Crippen molar-refractivity contribution >= 4 is 11.8 Å². The van der Waals surface area contributed by atoms with Gasteiger partial charge in [0.05, 0.1) is 5.69 Å². The molecular weight excluding hydrogens is 354 g/mol. The molecule has 2 amide bonds. The van der Waals surface area contributed by atoms with Crippen LogP contribution in [0.3, 0.4) is 0 Å². The van der Waals surface area contributed by atoms with Crippen LogP contribution in [0.25, 0.3) is 0 Å². The predicted octanol–water partition coefficient (Wildman–Crippen LogP) is 2.81. The smallest absolute Gasteiger partial charge is 0.289 e. The molecule has 0 saturated heterocycles. The molecule has 1 aliphatic heterocycles. The second-order valence-corrected chi connectivity index (χ2v) is 7.17. The van der Waals surface area contributed by atoms with E-state index in [-0.39, 0.29) is 11.8 Å². The van der Waals surface area contributed by atoms with Gasteiger partial charge in [-0.25, -0.2) is 4.98 Å². The van der Waals surface area contributed by atoms with Crippen molar-refractivity contribution in [1.29, 1.82) is 0 Å². The summed E-state index contributed by atoms with van der Waals surface area (Å²) >= 11 is 0. The molecule has 1 aliphatic rings. The third-order valence-corrected chi connectivity index (χ3v) is 5.00. The molecular formula is C21H29N5O2. The molecule has 7 nitrogen and oxygen atoms in total. The van der Waals surface area contributed by atoms with Crippen molar-refractivity contribution in [3.8, 4) is 0 Å². The summed E-state index contributed by atoms with van der Waals surface area (Å²) in [4.78, 5) is 36.3. The van der Waals surface area contributed by atoms with Crippen molar-refractivity contribution in [2.45, 2.75) is 59.0 Å². The van der Waals surface area contributed by atoms with Crippen LogP contribution in [0.2, 0.25) is 0 Å². The first-order valence-corrected chi connectivity index (χ1v) is 10.2. The van der Waals surface area contributed by atoms with Crippen LogP contribution in [-0.4, -0.2) is 44.3 Å². The number of rotatable bonds is 8. The third-order valence-electron chi connectivity index (χ3n) is 5.00. The van der Waals surface area contributed by atoms with E-state index in [0.717, 1.165) is 49.9 Å². The van der Waals surface area contributed by atoms with E-state index < -0.39 is 0 Å². The fraction of sp³-hybridized carbons (Fsp3) is 0.524. The summed E-state index contributed by atoms with van der Waals surface area (Å²) in [6, 6.07) is 3.73. The molecule has 7 heteroatoms. The molecule has 3 rings (SSSR count). The molecule has 0 bridgehead atoms. The van der Waals surface area contributed by atoms with Crippen molar-refractivity contribution in [2.75, 3.05) is 13.1 Å². The van der Waals surface area contributed by atoms with Crippen LogP contribution < -0.4 is 5.32 Å². The van der Waals surface area contributed by atoms with Crippen LogP contribution in [-0.2, 0) is 19.5 Å². The highest BCUT2D eigenvalue weighted by molar-refractivity contribution is 5.97. The lowest BCUT2D eigenvalue weighted by atomic mass is 10.1. The first-order valence-electron chi connectivity index (χ1n) is 10.2. The summed E-state index contributed by atoms with van der Waals surface area (Å²) in [7, 11) is 0. The zero-order valence-corrected chi connectivity index (χ0v) is 16.8. The average molecular weight is 383 g/mol. The summed E-state index contributed by atoms with van der Waals surface area (Å²) in [5, 5.41) is 2.93. The van der Waals surface area contributed by atoms with Gasteiger partial charge < -0.3 is 14.8 Å². The lowest BCUT2D eigenvalue weighted by molar-refractivity contribution is 0.0737. The van der Waals surface area contributed by atoms with E-state index in [1.165, 1.54) is 0 Å². The number of carbonyl (C=O) groups is 2. The Morgan fingerprint density at radius 2 is 1.86 bits per heavy atom. The molecule has 2 aromatic rings. The molecule has 0 fully saturated rings. The Labute approximate surface area is 166 Å². The van der Waals surface area contributed by atoms with Crippen LogP contribution in [0.4, 0.5) is 0 Å². The molecule has 150 valence electrons. The van der Waals surface area contributed by atoms with E-state index in [0.29, 0.717) is 31.2 Å². The Morgan fingerprint density at radius 3 is 2.54 bits per heavy atom. The van der Waals surface area contributed by atoms with Crippen molar-refractivity contribution in [2.24, 2.45) is 0 Å². The lowest BCUT2D eigenvalue weighted by Gasteiger charge is -2.23. The lowest BCUT2D eigenvalue weighted by Crippen LogP contribution is -2.35. The van der Waals surface area contributed by atoms with Gasteiger partial charge in [-0.3, -0.25) is 14.6 Å². The fourth-order valence-corrected chi connectivity index (χ4v) is 3.65. The van der Waals surface area contributed by atoms with Gasteiger partial charge >= 0.3 is 0 Å². The maximum Gasteiger partial charge on any atom is 0.289 e. The number of fused-ring (bicyclic) bond motifs is 1. The number of pyridine rings is 1. The Balaban J connectivity index is 1.84. The normalized spacial score (nSPS) is 13.1. The highest BCUT2D eigenvalue weighted by Gasteiger charge is 2.29. The zero-order chi connectivity index (χ0) is 19.9. The van der Waals surface area contributed by atoms with Gasteiger partial charge in [0, 0.05) is 38.6 Å².